The third-order valence-corrected chi connectivity index (χ3v) is 3.65. The fraction of sp³-hybridized carbons (Fsp3) is 0.250. The SMILES string of the molecule is CSC(=S)OCCN1C(=O)c2ccccc2C1=O. The molecule has 0 N–H and O–H groups in total. The molecule has 94 valence electrons. The molecule has 1 aromatic rings. The monoisotopic (exact) mass is 281 g/mol. The maximum atomic E-state index is 12.0. The molecule has 0 radical (unpaired) electrons. The normalized spacial score (nSPS) is 13.7. The van der Waals surface area contributed by atoms with E-state index in [0.29, 0.717) is 15.5 Å². The van der Waals surface area contributed by atoms with Gasteiger partial charge in [0.05, 0.1) is 17.7 Å². The minimum absolute atomic E-state index is 0.215. The molecular formula is C12H11NO3S2. The predicted octanol–water partition coefficient (Wildman–Crippen LogP) is 1.95. The van der Waals surface area contributed by atoms with Gasteiger partial charge in [-0.05, 0) is 30.6 Å². The Morgan fingerprint density at radius 1 is 1.28 bits per heavy atom. The first-order chi connectivity index (χ1) is 8.65. The first-order valence-corrected chi connectivity index (χ1v) is 6.94. The van der Waals surface area contributed by atoms with Crippen molar-refractivity contribution in [1.82, 2.24) is 4.90 Å². The Morgan fingerprint density at radius 3 is 2.33 bits per heavy atom. The Morgan fingerprint density at radius 2 is 1.83 bits per heavy atom. The summed E-state index contributed by atoms with van der Waals surface area (Å²) in [6.45, 7) is 0.443. The highest BCUT2D eigenvalue weighted by Gasteiger charge is 2.34. The van der Waals surface area contributed by atoms with E-state index in [1.165, 1.54) is 16.7 Å². The molecule has 2 rings (SSSR count). The van der Waals surface area contributed by atoms with Crippen LogP contribution in [0.1, 0.15) is 20.7 Å². The third-order valence-electron chi connectivity index (χ3n) is 2.58. The average molecular weight is 281 g/mol. The minimum Gasteiger partial charge on any atom is -0.477 e. The number of nitrogens with zero attached hydrogens (tertiary/aromatic N) is 1. The summed E-state index contributed by atoms with van der Waals surface area (Å²) in [4.78, 5) is 25.1. The molecule has 0 atom stereocenters. The average Bonchev–Trinajstić information content (AvgIpc) is 2.64. The van der Waals surface area contributed by atoms with E-state index in [0.717, 1.165) is 0 Å². The van der Waals surface area contributed by atoms with Crippen LogP contribution in [0.15, 0.2) is 24.3 Å². The largest absolute Gasteiger partial charge is 0.477 e. The third kappa shape index (κ3) is 2.39. The molecule has 2 amide bonds. The zero-order valence-electron chi connectivity index (χ0n) is 9.71. The molecule has 1 aliphatic rings. The lowest BCUT2D eigenvalue weighted by Crippen LogP contribution is -2.33. The van der Waals surface area contributed by atoms with Gasteiger partial charge in [-0.3, -0.25) is 14.5 Å². The van der Waals surface area contributed by atoms with Crippen LogP contribution in [0.4, 0.5) is 0 Å². The van der Waals surface area contributed by atoms with Crippen LogP contribution in [0.3, 0.4) is 0 Å². The Kier molecular flexibility index (Phi) is 3.98. The van der Waals surface area contributed by atoms with Gasteiger partial charge in [-0.15, -0.1) is 0 Å². The van der Waals surface area contributed by atoms with E-state index in [-0.39, 0.29) is 25.0 Å². The molecule has 0 spiro atoms. The molecule has 0 fully saturated rings. The van der Waals surface area contributed by atoms with Crippen LogP contribution in [-0.2, 0) is 4.74 Å². The molecule has 0 bridgehead atoms. The molecule has 0 unspecified atom stereocenters. The van der Waals surface area contributed by atoms with E-state index in [9.17, 15) is 9.59 Å². The topological polar surface area (TPSA) is 46.6 Å². The number of carbonyl (C=O) groups excluding carboxylic acids is 2. The summed E-state index contributed by atoms with van der Waals surface area (Å²) in [6.07, 6.45) is 1.81. The zero-order chi connectivity index (χ0) is 13.1. The minimum atomic E-state index is -0.269. The van der Waals surface area contributed by atoms with Crippen LogP contribution in [-0.4, -0.2) is 40.5 Å². The van der Waals surface area contributed by atoms with Gasteiger partial charge in [0.25, 0.3) is 11.8 Å². The van der Waals surface area contributed by atoms with Crippen molar-refractivity contribution in [2.45, 2.75) is 0 Å². The number of benzene rings is 1. The maximum Gasteiger partial charge on any atom is 0.261 e. The second kappa shape index (κ2) is 5.49. The van der Waals surface area contributed by atoms with Crippen LogP contribution >= 0.6 is 24.0 Å². The summed E-state index contributed by atoms with van der Waals surface area (Å²) in [5.41, 5.74) is 0.907. The Balaban J connectivity index is 2.03. The highest BCUT2D eigenvalue weighted by molar-refractivity contribution is 8.22. The number of imide groups is 1. The highest BCUT2D eigenvalue weighted by atomic mass is 32.2. The number of thiocarbonyl (C=S) groups is 1. The lowest BCUT2D eigenvalue weighted by molar-refractivity contribution is 0.0630. The quantitative estimate of drug-likeness (QED) is 0.626. The second-order valence-corrected chi connectivity index (χ2v) is 5.02. The first kappa shape index (κ1) is 13.0. The first-order valence-electron chi connectivity index (χ1n) is 5.31. The van der Waals surface area contributed by atoms with Crippen LogP contribution in [0.5, 0.6) is 0 Å². The Labute approximate surface area is 114 Å². The summed E-state index contributed by atoms with van der Waals surface area (Å²) in [5, 5.41) is 0. The van der Waals surface area contributed by atoms with Crippen LogP contribution in [0, 0.1) is 0 Å². The lowest BCUT2D eigenvalue weighted by atomic mass is 10.1. The predicted molar refractivity (Wildman–Crippen MR) is 73.9 cm³/mol. The van der Waals surface area contributed by atoms with Crippen molar-refractivity contribution in [3.05, 3.63) is 35.4 Å². The number of fused-ring (bicyclic) bond motifs is 1. The van der Waals surface area contributed by atoms with E-state index in [4.69, 9.17) is 17.0 Å². The smallest absolute Gasteiger partial charge is 0.261 e. The molecule has 1 heterocycles. The number of hydrogen-bond donors (Lipinski definition) is 0. The van der Waals surface area contributed by atoms with Crippen molar-refractivity contribution in [2.24, 2.45) is 0 Å². The summed E-state index contributed by atoms with van der Waals surface area (Å²) in [7, 11) is 0. The van der Waals surface area contributed by atoms with Crippen molar-refractivity contribution >= 4 is 40.2 Å². The fourth-order valence-electron chi connectivity index (χ4n) is 1.72. The fourth-order valence-corrected chi connectivity index (χ4v) is 2.01. The molecule has 0 aliphatic carbocycles. The molecule has 1 aliphatic heterocycles. The van der Waals surface area contributed by atoms with E-state index < -0.39 is 0 Å². The number of ether oxygens (including phenoxy) is 1. The molecular weight excluding hydrogens is 270 g/mol. The van der Waals surface area contributed by atoms with Gasteiger partial charge < -0.3 is 4.74 Å². The number of carbonyl (C=O) groups is 2. The number of amides is 2. The van der Waals surface area contributed by atoms with E-state index >= 15 is 0 Å². The molecule has 4 nitrogen and oxygen atoms in total. The second-order valence-electron chi connectivity index (χ2n) is 3.61. The number of hydrogen-bond acceptors (Lipinski definition) is 5. The van der Waals surface area contributed by atoms with Gasteiger partial charge in [0.15, 0.2) is 0 Å². The van der Waals surface area contributed by atoms with Crippen molar-refractivity contribution in [2.75, 3.05) is 19.4 Å². The molecule has 1 aromatic carbocycles. The summed E-state index contributed by atoms with van der Waals surface area (Å²) in [6, 6.07) is 6.80. The molecule has 0 aromatic heterocycles. The van der Waals surface area contributed by atoms with Crippen molar-refractivity contribution in [3.63, 3.8) is 0 Å². The van der Waals surface area contributed by atoms with Crippen LogP contribution in [0.2, 0.25) is 0 Å². The zero-order valence-corrected chi connectivity index (χ0v) is 11.3. The maximum absolute atomic E-state index is 12.0. The van der Waals surface area contributed by atoms with Crippen molar-refractivity contribution in [1.29, 1.82) is 0 Å². The molecule has 0 saturated heterocycles. The standard InChI is InChI=1S/C12H11NO3S2/c1-18-12(17)16-7-6-13-10(14)8-4-2-3-5-9(8)11(13)15/h2-5H,6-7H2,1H3. The Hall–Kier alpha value is -1.40. The Bertz CT molecular complexity index is 481. The number of thioether (sulfide) groups is 1. The molecule has 0 saturated carbocycles. The van der Waals surface area contributed by atoms with Gasteiger partial charge in [-0.1, -0.05) is 23.9 Å². The number of rotatable bonds is 3. The van der Waals surface area contributed by atoms with Crippen LogP contribution in [0.25, 0.3) is 0 Å². The van der Waals surface area contributed by atoms with Crippen LogP contribution < -0.4 is 0 Å². The highest BCUT2D eigenvalue weighted by Crippen LogP contribution is 2.21. The summed E-state index contributed by atoms with van der Waals surface area (Å²) < 4.78 is 5.61. The van der Waals surface area contributed by atoms with Gasteiger partial charge in [0, 0.05) is 0 Å². The molecule has 18 heavy (non-hydrogen) atoms. The van der Waals surface area contributed by atoms with Gasteiger partial charge in [-0.25, -0.2) is 0 Å². The van der Waals surface area contributed by atoms with E-state index in [1.54, 1.807) is 24.3 Å². The van der Waals surface area contributed by atoms with Crippen molar-refractivity contribution in [3.8, 4) is 0 Å². The van der Waals surface area contributed by atoms with Gasteiger partial charge in [0.2, 0.25) is 4.38 Å². The van der Waals surface area contributed by atoms with Gasteiger partial charge in [-0.2, -0.15) is 0 Å². The summed E-state index contributed by atoms with van der Waals surface area (Å²) >= 11 is 6.19. The van der Waals surface area contributed by atoms with Crippen molar-refractivity contribution < 1.29 is 14.3 Å². The van der Waals surface area contributed by atoms with Gasteiger partial charge >= 0.3 is 0 Å². The molecule has 6 heteroatoms. The van der Waals surface area contributed by atoms with E-state index in [2.05, 4.69) is 0 Å². The van der Waals surface area contributed by atoms with E-state index in [1.807, 2.05) is 6.26 Å². The summed E-state index contributed by atoms with van der Waals surface area (Å²) in [5.74, 6) is -0.538. The lowest BCUT2D eigenvalue weighted by Gasteiger charge is -2.13. The van der Waals surface area contributed by atoms with Gasteiger partial charge in [0.1, 0.15) is 6.61 Å².